The molecule has 1 aliphatic carbocycles. The first kappa shape index (κ1) is 17.0. The second-order valence-corrected chi connectivity index (χ2v) is 7.01. The van der Waals surface area contributed by atoms with Gasteiger partial charge in [-0.1, -0.05) is 24.3 Å². The van der Waals surface area contributed by atoms with E-state index in [-0.39, 0.29) is 24.4 Å². The van der Waals surface area contributed by atoms with Gasteiger partial charge >= 0.3 is 5.97 Å². The van der Waals surface area contributed by atoms with Crippen LogP contribution in [0.5, 0.6) is 0 Å². The highest BCUT2D eigenvalue weighted by Gasteiger charge is 2.32. The number of nitrogens with zero attached hydrogens (tertiary/aromatic N) is 2. The Hall–Kier alpha value is -1.88. The molecule has 1 aromatic rings. The smallest absolute Gasteiger partial charge is 0.317 e. The summed E-state index contributed by atoms with van der Waals surface area (Å²) in [5.41, 5.74) is 2.53. The van der Waals surface area contributed by atoms with E-state index in [0.717, 1.165) is 45.2 Å². The van der Waals surface area contributed by atoms with Crippen molar-refractivity contribution in [2.24, 2.45) is 0 Å². The number of carbonyl (C=O) groups excluding carboxylic acids is 1. The lowest BCUT2D eigenvalue weighted by Gasteiger charge is -2.38. The van der Waals surface area contributed by atoms with Crippen molar-refractivity contribution in [1.29, 1.82) is 0 Å². The van der Waals surface area contributed by atoms with E-state index in [2.05, 4.69) is 18.2 Å². The number of aryl methyl sites for hydroxylation is 1. The third-order valence-electron chi connectivity index (χ3n) is 5.45. The molecule has 1 unspecified atom stereocenters. The Labute approximate surface area is 143 Å². The summed E-state index contributed by atoms with van der Waals surface area (Å²) in [6.45, 7) is 1.52. The van der Waals surface area contributed by atoms with Crippen molar-refractivity contribution in [2.45, 2.75) is 44.1 Å². The van der Waals surface area contributed by atoms with Crippen molar-refractivity contribution in [1.82, 2.24) is 9.80 Å². The minimum Gasteiger partial charge on any atom is -0.480 e. The number of piperidine rings is 1. The van der Waals surface area contributed by atoms with Gasteiger partial charge in [0.2, 0.25) is 5.91 Å². The first-order valence-electron chi connectivity index (χ1n) is 8.85. The van der Waals surface area contributed by atoms with Gasteiger partial charge in [0.25, 0.3) is 0 Å². The molecular weight excluding hydrogens is 304 g/mol. The van der Waals surface area contributed by atoms with Crippen LogP contribution in [0.3, 0.4) is 0 Å². The van der Waals surface area contributed by atoms with Crippen LogP contribution in [-0.4, -0.2) is 59.5 Å². The number of aliphatic carboxylic acids is 1. The minimum absolute atomic E-state index is 0.00301. The van der Waals surface area contributed by atoms with Crippen LogP contribution in [0.4, 0.5) is 0 Å². The topological polar surface area (TPSA) is 60.9 Å². The van der Waals surface area contributed by atoms with Crippen LogP contribution in [0.25, 0.3) is 0 Å². The van der Waals surface area contributed by atoms with Gasteiger partial charge in [0.15, 0.2) is 0 Å². The third kappa shape index (κ3) is 3.61. The van der Waals surface area contributed by atoms with Crippen LogP contribution in [0.2, 0.25) is 0 Å². The Morgan fingerprint density at radius 1 is 1.21 bits per heavy atom. The van der Waals surface area contributed by atoms with E-state index >= 15 is 0 Å². The molecule has 3 rings (SSSR count). The first-order chi connectivity index (χ1) is 11.6. The number of benzene rings is 1. The van der Waals surface area contributed by atoms with Gasteiger partial charge < -0.3 is 10.0 Å². The van der Waals surface area contributed by atoms with Crippen molar-refractivity contribution >= 4 is 11.9 Å². The Morgan fingerprint density at radius 3 is 2.62 bits per heavy atom. The van der Waals surface area contributed by atoms with Crippen molar-refractivity contribution in [2.75, 3.05) is 26.7 Å². The van der Waals surface area contributed by atoms with Gasteiger partial charge in [0.1, 0.15) is 0 Å². The van der Waals surface area contributed by atoms with Gasteiger partial charge in [-0.05, 0) is 50.3 Å². The highest BCUT2D eigenvalue weighted by Crippen LogP contribution is 2.33. The summed E-state index contributed by atoms with van der Waals surface area (Å²) in [4.78, 5) is 27.7. The molecule has 130 valence electrons. The van der Waals surface area contributed by atoms with E-state index in [0.29, 0.717) is 0 Å². The summed E-state index contributed by atoms with van der Waals surface area (Å²) >= 11 is 0. The molecule has 2 aliphatic rings. The molecule has 0 aromatic heterocycles. The fourth-order valence-corrected chi connectivity index (χ4v) is 4.10. The summed E-state index contributed by atoms with van der Waals surface area (Å²) in [5.74, 6) is -0.542. The van der Waals surface area contributed by atoms with Crippen LogP contribution >= 0.6 is 0 Å². The SMILES string of the molecule is CN(CC(=O)O)C1CCN(C(=O)C2CCCc3ccccc32)CC1. The zero-order valence-corrected chi connectivity index (χ0v) is 14.3. The van der Waals surface area contributed by atoms with E-state index in [1.807, 2.05) is 22.9 Å². The standard InChI is InChI=1S/C19H26N2O3/c1-20(13-18(22)23)15-9-11-21(12-10-15)19(24)17-8-4-6-14-5-2-3-7-16(14)17/h2-3,5,7,15,17H,4,6,8-13H2,1H3,(H,22,23). The van der Waals surface area contributed by atoms with E-state index in [1.165, 1.54) is 11.1 Å². The van der Waals surface area contributed by atoms with Crippen LogP contribution in [0, 0.1) is 0 Å². The van der Waals surface area contributed by atoms with Crippen LogP contribution < -0.4 is 0 Å². The Kier molecular flexibility index (Phi) is 5.19. The second kappa shape index (κ2) is 7.34. The molecule has 5 heteroatoms. The van der Waals surface area contributed by atoms with E-state index < -0.39 is 5.97 Å². The lowest BCUT2D eigenvalue weighted by Crippen LogP contribution is -2.48. The molecule has 1 saturated heterocycles. The van der Waals surface area contributed by atoms with Gasteiger partial charge in [-0.3, -0.25) is 14.5 Å². The normalized spacial score (nSPS) is 21.6. The lowest BCUT2D eigenvalue weighted by molar-refractivity contribution is -0.140. The fourth-order valence-electron chi connectivity index (χ4n) is 4.10. The largest absolute Gasteiger partial charge is 0.480 e. The summed E-state index contributed by atoms with van der Waals surface area (Å²) in [6, 6.07) is 8.57. The third-order valence-corrected chi connectivity index (χ3v) is 5.45. The maximum atomic E-state index is 13.0. The molecule has 1 aliphatic heterocycles. The van der Waals surface area contributed by atoms with Crippen molar-refractivity contribution in [3.05, 3.63) is 35.4 Å². The molecule has 1 amide bonds. The maximum Gasteiger partial charge on any atom is 0.317 e. The number of carboxylic acids is 1. The number of fused-ring (bicyclic) bond motifs is 1. The van der Waals surface area contributed by atoms with Gasteiger partial charge in [0, 0.05) is 19.1 Å². The zero-order chi connectivity index (χ0) is 17.1. The zero-order valence-electron chi connectivity index (χ0n) is 14.3. The monoisotopic (exact) mass is 330 g/mol. The van der Waals surface area contributed by atoms with Crippen molar-refractivity contribution in [3.8, 4) is 0 Å². The van der Waals surface area contributed by atoms with E-state index in [4.69, 9.17) is 5.11 Å². The number of amides is 1. The molecule has 0 spiro atoms. The predicted molar refractivity (Wildman–Crippen MR) is 92.0 cm³/mol. The van der Waals surface area contributed by atoms with Crippen LogP contribution in [-0.2, 0) is 16.0 Å². The number of hydrogen-bond donors (Lipinski definition) is 1. The Bertz CT molecular complexity index is 608. The highest BCUT2D eigenvalue weighted by atomic mass is 16.4. The molecule has 1 atom stereocenters. The predicted octanol–water partition coefficient (Wildman–Crippen LogP) is 2.11. The highest BCUT2D eigenvalue weighted by molar-refractivity contribution is 5.84. The number of likely N-dealkylation sites (N-methyl/N-ethyl adjacent to an activating group) is 1. The summed E-state index contributed by atoms with van der Waals surface area (Å²) in [7, 11) is 1.85. The summed E-state index contributed by atoms with van der Waals surface area (Å²) in [5, 5.41) is 8.91. The Morgan fingerprint density at radius 2 is 1.92 bits per heavy atom. The van der Waals surface area contributed by atoms with Crippen LogP contribution in [0.15, 0.2) is 24.3 Å². The summed E-state index contributed by atoms with van der Waals surface area (Å²) < 4.78 is 0. The van der Waals surface area contributed by atoms with Gasteiger partial charge in [-0.2, -0.15) is 0 Å². The molecule has 1 aromatic carbocycles. The average Bonchev–Trinajstić information content (AvgIpc) is 2.60. The number of hydrogen-bond acceptors (Lipinski definition) is 3. The maximum absolute atomic E-state index is 13.0. The minimum atomic E-state index is -0.796. The van der Waals surface area contributed by atoms with Gasteiger partial charge in [0.05, 0.1) is 12.5 Å². The number of carbonyl (C=O) groups is 2. The van der Waals surface area contributed by atoms with E-state index in [1.54, 1.807) is 0 Å². The lowest BCUT2D eigenvalue weighted by atomic mass is 9.81. The Balaban J connectivity index is 1.61. The summed E-state index contributed by atoms with van der Waals surface area (Å²) in [6.07, 6.45) is 4.79. The molecule has 1 heterocycles. The fraction of sp³-hybridized carbons (Fsp3) is 0.579. The molecule has 1 fully saturated rings. The second-order valence-electron chi connectivity index (χ2n) is 7.01. The number of likely N-dealkylation sites (tertiary alicyclic amines) is 1. The number of rotatable bonds is 4. The molecule has 0 radical (unpaired) electrons. The molecule has 0 bridgehead atoms. The van der Waals surface area contributed by atoms with Crippen LogP contribution in [0.1, 0.15) is 42.7 Å². The molecule has 0 saturated carbocycles. The van der Waals surface area contributed by atoms with Crippen molar-refractivity contribution in [3.63, 3.8) is 0 Å². The molecule has 24 heavy (non-hydrogen) atoms. The molecule has 5 nitrogen and oxygen atoms in total. The molecule has 1 N–H and O–H groups in total. The quantitative estimate of drug-likeness (QED) is 0.918. The molecular formula is C19H26N2O3. The van der Waals surface area contributed by atoms with Gasteiger partial charge in [-0.25, -0.2) is 0 Å². The first-order valence-corrected chi connectivity index (χ1v) is 8.85. The van der Waals surface area contributed by atoms with Crippen molar-refractivity contribution < 1.29 is 14.7 Å². The average molecular weight is 330 g/mol. The van der Waals surface area contributed by atoms with E-state index in [9.17, 15) is 9.59 Å². The van der Waals surface area contributed by atoms with Gasteiger partial charge in [-0.15, -0.1) is 0 Å². The number of carboxylic acid groups (broad SMARTS) is 1.